The lowest BCUT2D eigenvalue weighted by molar-refractivity contribution is -0.118. The van der Waals surface area contributed by atoms with Crippen molar-refractivity contribution < 1.29 is 4.79 Å². The number of hydrogen-bond donors (Lipinski definition) is 1. The molecule has 0 aromatic heterocycles. The first-order chi connectivity index (χ1) is 19.4. The highest BCUT2D eigenvalue weighted by Crippen LogP contribution is 2.51. The number of allylic oxidation sites excluding steroid dienone is 3. The average Bonchev–Trinajstić information content (AvgIpc) is 2.90. The summed E-state index contributed by atoms with van der Waals surface area (Å²) in [7, 11) is 0. The zero-order valence-corrected chi connectivity index (χ0v) is 26.1. The standard InChI is InChI=1S/C35H36ClN3OS/c1-20-13-24(19-41-31-10-8-7-9-22(31)3)23(4)26(14-20)32-27(18-37)34(38)39(28-15-25(36)12-11-21(28)2)29-16-35(5,6)17-30(40)33(29)32/h7-15,32H,16-17,19,38H2,1-6H3. The second kappa shape index (κ2) is 11.1. The van der Waals surface area contributed by atoms with Gasteiger partial charge in [0.25, 0.3) is 0 Å². The minimum atomic E-state index is -0.517. The van der Waals surface area contributed by atoms with Crippen molar-refractivity contribution in [1.29, 1.82) is 5.26 Å². The van der Waals surface area contributed by atoms with Gasteiger partial charge in [0.1, 0.15) is 5.82 Å². The molecule has 210 valence electrons. The van der Waals surface area contributed by atoms with Crippen LogP contribution in [0, 0.1) is 44.4 Å². The highest BCUT2D eigenvalue weighted by molar-refractivity contribution is 7.98. The van der Waals surface area contributed by atoms with E-state index in [1.807, 2.05) is 41.8 Å². The van der Waals surface area contributed by atoms with Crippen molar-refractivity contribution in [2.45, 2.75) is 71.0 Å². The molecular weight excluding hydrogens is 546 g/mol. The molecule has 0 spiro atoms. The topological polar surface area (TPSA) is 70.1 Å². The van der Waals surface area contributed by atoms with Crippen molar-refractivity contribution in [3.8, 4) is 6.07 Å². The molecule has 0 bridgehead atoms. The predicted molar refractivity (Wildman–Crippen MR) is 170 cm³/mol. The fraction of sp³-hybridized carbons (Fsp3) is 0.314. The van der Waals surface area contributed by atoms with Crippen molar-refractivity contribution in [1.82, 2.24) is 0 Å². The van der Waals surface area contributed by atoms with Crippen LogP contribution in [0.4, 0.5) is 5.69 Å². The van der Waals surface area contributed by atoms with E-state index in [4.69, 9.17) is 17.3 Å². The minimum Gasteiger partial charge on any atom is -0.384 e. The summed E-state index contributed by atoms with van der Waals surface area (Å²) in [6.45, 7) is 12.5. The molecule has 3 aromatic rings. The van der Waals surface area contributed by atoms with Crippen molar-refractivity contribution in [2.24, 2.45) is 11.1 Å². The number of carbonyl (C=O) groups excluding carboxylic acids is 1. The Morgan fingerprint density at radius 2 is 1.78 bits per heavy atom. The molecular formula is C35H36ClN3OS. The molecule has 0 saturated carbocycles. The van der Waals surface area contributed by atoms with Gasteiger partial charge in [-0.2, -0.15) is 5.26 Å². The number of thioether (sulfide) groups is 1. The van der Waals surface area contributed by atoms with E-state index in [-0.39, 0.29) is 11.2 Å². The number of anilines is 1. The van der Waals surface area contributed by atoms with Gasteiger partial charge in [0.05, 0.1) is 23.2 Å². The molecule has 41 heavy (non-hydrogen) atoms. The highest BCUT2D eigenvalue weighted by atomic mass is 35.5. The molecule has 0 fully saturated rings. The molecule has 0 saturated heterocycles. The van der Waals surface area contributed by atoms with Crippen LogP contribution in [0.2, 0.25) is 5.02 Å². The van der Waals surface area contributed by atoms with Crippen LogP contribution in [0.3, 0.4) is 0 Å². The Bertz CT molecular complexity index is 1680. The number of ketones is 1. The first-order valence-corrected chi connectivity index (χ1v) is 15.3. The zero-order chi connectivity index (χ0) is 29.6. The number of aryl methyl sites for hydroxylation is 3. The number of hydrogen-bond acceptors (Lipinski definition) is 5. The van der Waals surface area contributed by atoms with Crippen LogP contribution in [0.25, 0.3) is 0 Å². The van der Waals surface area contributed by atoms with Crippen LogP contribution in [0.5, 0.6) is 0 Å². The van der Waals surface area contributed by atoms with E-state index < -0.39 is 5.92 Å². The normalized spacial score (nSPS) is 18.4. The largest absolute Gasteiger partial charge is 0.384 e. The summed E-state index contributed by atoms with van der Waals surface area (Å²) in [5.41, 5.74) is 16.0. The molecule has 1 atom stereocenters. The summed E-state index contributed by atoms with van der Waals surface area (Å²) < 4.78 is 0. The molecule has 2 N–H and O–H groups in total. The molecule has 0 amide bonds. The van der Waals surface area contributed by atoms with E-state index in [0.29, 0.717) is 34.8 Å². The van der Waals surface area contributed by atoms with Gasteiger partial charge < -0.3 is 5.73 Å². The van der Waals surface area contributed by atoms with E-state index in [1.54, 1.807) is 0 Å². The molecule has 4 nitrogen and oxygen atoms in total. The van der Waals surface area contributed by atoms with Crippen LogP contribution in [-0.2, 0) is 10.5 Å². The number of nitrogens with zero attached hydrogens (tertiary/aromatic N) is 2. The van der Waals surface area contributed by atoms with Gasteiger partial charge in [0, 0.05) is 33.4 Å². The summed E-state index contributed by atoms with van der Waals surface area (Å²) in [6, 6.07) is 20.8. The number of Topliss-reactive ketones (excluding diaryl/α,β-unsaturated/α-hetero) is 1. The Kier molecular flexibility index (Phi) is 7.85. The van der Waals surface area contributed by atoms with E-state index in [1.165, 1.54) is 16.0 Å². The molecule has 5 rings (SSSR count). The molecule has 3 aromatic carbocycles. The zero-order valence-electron chi connectivity index (χ0n) is 24.6. The lowest BCUT2D eigenvalue weighted by atomic mass is 9.68. The molecule has 1 aliphatic carbocycles. The van der Waals surface area contributed by atoms with Crippen LogP contribution in [0.1, 0.15) is 66.0 Å². The van der Waals surface area contributed by atoms with E-state index in [2.05, 4.69) is 77.1 Å². The maximum atomic E-state index is 14.1. The first kappa shape index (κ1) is 29.0. The van der Waals surface area contributed by atoms with Gasteiger partial charge in [0.15, 0.2) is 5.78 Å². The summed E-state index contributed by atoms with van der Waals surface area (Å²) in [5.74, 6) is 0.711. The lowest BCUT2D eigenvalue weighted by Gasteiger charge is -2.44. The van der Waals surface area contributed by atoms with Gasteiger partial charge in [-0.25, -0.2) is 0 Å². The monoisotopic (exact) mass is 581 g/mol. The molecule has 2 aliphatic rings. The molecule has 1 aliphatic heterocycles. The number of nitriles is 1. The van der Waals surface area contributed by atoms with Gasteiger partial charge in [0.2, 0.25) is 0 Å². The summed E-state index contributed by atoms with van der Waals surface area (Å²) in [6.07, 6.45) is 1.08. The van der Waals surface area contributed by atoms with E-state index >= 15 is 0 Å². The minimum absolute atomic E-state index is 0.0722. The quantitative estimate of drug-likeness (QED) is 0.305. The molecule has 1 unspecified atom stereocenters. The second-order valence-electron chi connectivity index (χ2n) is 12.1. The maximum absolute atomic E-state index is 14.1. The Morgan fingerprint density at radius 1 is 1.05 bits per heavy atom. The van der Waals surface area contributed by atoms with Crippen LogP contribution in [-0.4, -0.2) is 5.78 Å². The van der Waals surface area contributed by atoms with Gasteiger partial charge in [-0.3, -0.25) is 9.69 Å². The fourth-order valence-electron chi connectivity index (χ4n) is 6.21. The number of halogens is 1. The van der Waals surface area contributed by atoms with Gasteiger partial charge in [-0.15, -0.1) is 11.8 Å². The maximum Gasteiger partial charge on any atom is 0.162 e. The average molecular weight is 582 g/mol. The number of benzene rings is 3. The van der Waals surface area contributed by atoms with Gasteiger partial charge >= 0.3 is 0 Å². The fourth-order valence-corrected chi connectivity index (χ4v) is 7.45. The highest BCUT2D eigenvalue weighted by Gasteiger charge is 2.45. The van der Waals surface area contributed by atoms with Crippen LogP contribution in [0.15, 0.2) is 82.2 Å². The van der Waals surface area contributed by atoms with Crippen molar-refractivity contribution >= 4 is 34.8 Å². The third kappa shape index (κ3) is 5.44. The van der Waals surface area contributed by atoms with Crippen LogP contribution >= 0.6 is 23.4 Å². The number of nitrogens with two attached hydrogens (primary N) is 1. The smallest absolute Gasteiger partial charge is 0.162 e. The van der Waals surface area contributed by atoms with Crippen LogP contribution < -0.4 is 10.6 Å². The first-order valence-electron chi connectivity index (χ1n) is 13.9. The number of rotatable bonds is 5. The Labute approximate surface area is 252 Å². The van der Waals surface area contributed by atoms with Crippen molar-refractivity contribution in [3.63, 3.8) is 0 Å². The van der Waals surface area contributed by atoms with Gasteiger partial charge in [-0.1, -0.05) is 67.4 Å². The number of carbonyl (C=O) groups is 1. The van der Waals surface area contributed by atoms with E-state index in [9.17, 15) is 10.1 Å². The Hall–Kier alpha value is -3.46. The summed E-state index contributed by atoms with van der Waals surface area (Å²) in [4.78, 5) is 17.2. The third-order valence-electron chi connectivity index (χ3n) is 8.28. The summed E-state index contributed by atoms with van der Waals surface area (Å²) >= 11 is 8.25. The van der Waals surface area contributed by atoms with Crippen molar-refractivity contribution in [2.75, 3.05) is 4.90 Å². The second-order valence-corrected chi connectivity index (χ2v) is 13.6. The third-order valence-corrected chi connectivity index (χ3v) is 9.74. The SMILES string of the molecule is Cc1cc(CSc2ccccc2C)c(C)c(C2C(C#N)=C(N)N(c3cc(Cl)ccc3C)C3=C2C(=O)CC(C)(C)C3)c1. The molecule has 0 radical (unpaired) electrons. The Morgan fingerprint density at radius 3 is 2.49 bits per heavy atom. The van der Waals surface area contributed by atoms with Gasteiger partial charge in [-0.05, 0) is 85.5 Å². The summed E-state index contributed by atoms with van der Waals surface area (Å²) in [5, 5.41) is 11.2. The van der Waals surface area contributed by atoms with Crippen molar-refractivity contribution in [3.05, 3.63) is 116 Å². The predicted octanol–water partition coefficient (Wildman–Crippen LogP) is 8.81. The van der Waals surface area contributed by atoms with E-state index in [0.717, 1.165) is 39.4 Å². The Balaban J connectivity index is 1.70. The lowest BCUT2D eigenvalue weighted by Crippen LogP contribution is -2.42. The molecule has 6 heteroatoms. The molecule has 1 heterocycles.